The van der Waals surface area contributed by atoms with Gasteiger partial charge in [-0.3, -0.25) is 5.84 Å². The Morgan fingerprint density at radius 1 is 1.55 bits per heavy atom. The summed E-state index contributed by atoms with van der Waals surface area (Å²) in [6, 6.07) is -0.304. The maximum Gasteiger partial charge on any atom is 0.321 e. The van der Waals surface area contributed by atoms with E-state index in [-0.39, 0.29) is 11.8 Å². The molecule has 0 aromatic heterocycles. The van der Waals surface area contributed by atoms with Gasteiger partial charge >= 0.3 is 5.78 Å². The molecule has 0 heterocycles. The van der Waals surface area contributed by atoms with Crippen molar-refractivity contribution in [1.82, 2.24) is 5.43 Å². The van der Waals surface area contributed by atoms with Crippen LogP contribution in [0, 0.1) is 6.92 Å². The summed E-state index contributed by atoms with van der Waals surface area (Å²) in [5.74, 6) is 4.95. The average molecular weight is 158 g/mol. The van der Waals surface area contributed by atoms with Crippen LogP contribution in [0.3, 0.4) is 0 Å². The first-order valence-electron chi connectivity index (χ1n) is 3.74. The summed E-state index contributed by atoms with van der Waals surface area (Å²) < 4.78 is 0. The van der Waals surface area contributed by atoms with Crippen LogP contribution in [-0.2, 0) is 4.79 Å². The first-order valence-corrected chi connectivity index (χ1v) is 3.74. The molecule has 0 rings (SSSR count). The quantitative estimate of drug-likeness (QED) is 0.208. The summed E-state index contributed by atoms with van der Waals surface area (Å²) in [5, 5.41) is 0. The molecule has 0 aliphatic heterocycles. The average Bonchev–Trinajstić information content (AvgIpc) is 1.97. The second-order valence-electron chi connectivity index (χ2n) is 2.47. The van der Waals surface area contributed by atoms with Gasteiger partial charge in [0.2, 0.25) is 0 Å². The second-order valence-corrected chi connectivity index (χ2v) is 2.47. The molecule has 0 bridgehead atoms. The molecule has 0 saturated heterocycles. The van der Waals surface area contributed by atoms with Crippen molar-refractivity contribution >= 4 is 5.78 Å². The van der Waals surface area contributed by atoms with Gasteiger partial charge in [0.05, 0.1) is 0 Å². The van der Waals surface area contributed by atoms with E-state index < -0.39 is 0 Å². The first-order chi connectivity index (χ1) is 5.22. The van der Waals surface area contributed by atoms with Crippen LogP contribution in [0.25, 0.3) is 0 Å². The molecule has 0 aromatic carbocycles. The Hall–Kier alpha value is -0.580. The van der Waals surface area contributed by atoms with E-state index in [4.69, 9.17) is 11.6 Å². The zero-order valence-corrected chi connectivity index (χ0v) is 6.68. The van der Waals surface area contributed by atoms with Gasteiger partial charge in [-0.15, -0.1) is 0 Å². The van der Waals surface area contributed by atoms with Gasteiger partial charge in [0.1, 0.15) is 13.0 Å². The number of rotatable bonds is 6. The van der Waals surface area contributed by atoms with Crippen molar-refractivity contribution in [1.29, 1.82) is 0 Å². The SMILES string of the molecule is [CH2+]C(=O)[C@H](CCCCN)NN. The molecule has 0 saturated carbocycles. The van der Waals surface area contributed by atoms with E-state index in [1.165, 1.54) is 0 Å². The molecule has 0 spiro atoms. The number of nitrogens with one attached hydrogen (secondary N) is 1. The molecule has 64 valence electrons. The summed E-state index contributed by atoms with van der Waals surface area (Å²) in [5.41, 5.74) is 7.69. The summed E-state index contributed by atoms with van der Waals surface area (Å²) in [4.78, 5) is 10.7. The summed E-state index contributed by atoms with van der Waals surface area (Å²) in [7, 11) is 0. The van der Waals surface area contributed by atoms with Crippen LogP contribution in [0.5, 0.6) is 0 Å². The minimum absolute atomic E-state index is 0.162. The van der Waals surface area contributed by atoms with Gasteiger partial charge in [0.25, 0.3) is 0 Å². The highest BCUT2D eigenvalue weighted by Gasteiger charge is 2.16. The molecule has 0 aliphatic carbocycles. The maximum absolute atomic E-state index is 10.7. The maximum atomic E-state index is 10.7. The fourth-order valence-corrected chi connectivity index (χ4v) is 0.830. The third kappa shape index (κ3) is 4.78. The number of hydrogen-bond donors (Lipinski definition) is 3. The molecule has 11 heavy (non-hydrogen) atoms. The van der Waals surface area contributed by atoms with Crippen LogP contribution in [0.1, 0.15) is 19.3 Å². The number of ketones is 1. The molecule has 0 fully saturated rings. The van der Waals surface area contributed by atoms with E-state index >= 15 is 0 Å². The summed E-state index contributed by atoms with van der Waals surface area (Å²) in [6.07, 6.45) is 2.55. The Labute approximate surface area is 67.3 Å². The first kappa shape index (κ1) is 10.4. The van der Waals surface area contributed by atoms with Crippen LogP contribution in [0.2, 0.25) is 0 Å². The smallest absolute Gasteiger partial charge is 0.321 e. The molecule has 0 amide bonds. The lowest BCUT2D eigenvalue weighted by Crippen LogP contribution is -2.40. The van der Waals surface area contributed by atoms with Gasteiger partial charge in [-0.05, 0) is 25.8 Å². The van der Waals surface area contributed by atoms with Gasteiger partial charge in [-0.1, -0.05) is 0 Å². The van der Waals surface area contributed by atoms with Crippen molar-refractivity contribution in [2.24, 2.45) is 11.6 Å². The lowest BCUT2D eigenvalue weighted by atomic mass is 10.1. The normalized spacial score (nSPS) is 12.9. The largest absolute Gasteiger partial charge is 0.330 e. The molecule has 4 nitrogen and oxygen atoms in total. The lowest BCUT2D eigenvalue weighted by Gasteiger charge is -2.06. The predicted octanol–water partition coefficient (Wildman–Crippen LogP) is -0.650. The van der Waals surface area contributed by atoms with Gasteiger partial charge in [0, 0.05) is 0 Å². The number of unbranched alkanes of at least 4 members (excludes halogenated alkanes) is 1. The molecular formula is C7H16N3O+. The monoisotopic (exact) mass is 158 g/mol. The van der Waals surface area contributed by atoms with Crippen molar-refractivity contribution < 1.29 is 4.79 Å². The fourth-order valence-electron chi connectivity index (χ4n) is 0.830. The highest BCUT2D eigenvalue weighted by molar-refractivity contribution is 5.87. The number of carbonyl (C=O) groups excluding carboxylic acids is 1. The Morgan fingerprint density at radius 3 is 2.55 bits per heavy atom. The lowest BCUT2D eigenvalue weighted by molar-refractivity contribution is -0.116. The van der Waals surface area contributed by atoms with Crippen LogP contribution in [0.15, 0.2) is 0 Å². The number of hydrazine groups is 1. The van der Waals surface area contributed by atoms with Crippen molar-refractivity contribution in [2.75, 3.05) is 6.54 Å². The predicted molar refractivity (Wildman–Crippen MR) is 44.4 cm³/mol. The number of nitrogens with two attached hydrogens (primary N) is 2. The minimum Gasteiger partial charge on any atom is -0.330 e. The standard InChI is InChI=1S/C7H16N3O/c1-6(11)7(10-9)4-2-3-5-8/h7,10H,1-5,8-9H2/q+1/t7-/m0/s1. The van der Waals surface area contributed by atoms with E-state index in [9.17, 15) is 4.79 Å². The molecular weight excluding hydrogens is 142 g/mol. The second kappa shape index (κ2) is 6.15. The molecule has 0 aliphatic rings. The molecule has 1 atom stereocenters. The molecule has 4 heteroatoms. The van der Waals surface area contributed by atoms with Gasteiger partial charge in [-0.25, -0.2) is 10.2 Å². The Bertz CT molecular complexity index is 116. The van der Waals surface area contributed by atoms with Crippen molar-refractivity contribution in [2.45, 2.75) is 25.3 Å². The highest BCUT2D eigenvalue weighted by Crippen LogP contribution is 1.99. The Morgan fingerprint density at radius 2 is 2.18 bits per heavy atom. The van der Waals surface area contributed by atoms with E-state index in [1.54, 1.807) is 0 Å². The Kier molecular flexibility index (Phi) is 5.83. The van der Waals surface area contributed by atoms with Crippen molar-refractivity contribution in [3.8, 4) is 0 Å². The summed E-state index contributed by atoms with van der Waals surface area (Å²) >= 11 is 0. The number of carbonyl (C=O) groups is 1. The van der Waals surface area contributed by atoms with E-state index in [2.05, 4.69) is 12.3 Å². The highest BCUT2D eigenvalue weighted by atomic mass is 16.1. The third-order valence-electron chi connectivity index (χ3n) is 1.54. The number of Topliss-reactive ketones (excluding diaryl/α,β-unsaturated/α-hetero) is 1. The van der Waals surface area contributed by atoms with E-state index in [0.29, 0.717) is 6.54 Å². The zero-order valence-electron chi connectivity index (χ0n) is 6.68. The van der Waals surface area contributed by atoms with Gasteiger partial charge < -0.3 is 5.73 Å². The number of hydrogen-bond acceptors (Lipinski definition) is 4. The van der Waals surface area contributed by atoms with Gasteiger partial charge in [-0.2, -0.15) is 0 Å². The summed E-state index contributed by atoms with van der Waals surface area (Å²) in [6.45, 7) is 3.93. The fraction of sp³-hybridized carbons (Fsp3) is 0.714. The topological polar surface area (TPSA) is 81.1 Å². The zero-order chi connectivity index (χ0) is 8.69. The van der Waals surface area contributed by atoms with Crippen LogP contribution in [0.4, 0.5) is 0 Å². The van der Waals surface area contributed by atoms with Crippen LogP contribution >= 0.6 is 0 Å². The molecule has 0 aromatic rings. The van der Waals surface area contributed by atoms with E-state index in [0.717, 1.165) is 19.3 Å². The minimum atomic E-state index is -0.304. The molecule has 0 radical (unpaired) electrons. The van der Waals surface area contributed by atoms with E-state index in [1.807, 2.05) is 0 Å². The Balaban J connectivity index is 3.44. The molecule has 0 unspecified atom stereocenters. The third-order valence-corrected chi connectivity index (χ3v) is 1.54. The van der Waals surface area contributed by atoms with Crippen LogP contribution in [-0.4, -0.2) is 18.4 Å². The van der Waals surface area contributed by atoms with Gasteiger partial charge in [0.15, 0.2) is 0 Å². The van der Waals surface area contributed by atoms with Crippen LogP contribution < -0.4 is 17.0 Å². The van der Waals surface area contributed by atoms with Crippen molar-refractivity contribution in [3.63, 3.8) is 0 Å². The molecule has 5 N–H and O–H groups in total. The van der Waals surface area contributed by atoms with Crippen molar-refractivity contribution in [3.05, 3.63) is 6.92 Å².